The maximum atomic E-state index is 12.8. The van der Waals surface area contributed by atoms with Gasteiger partial charge in [0.25, 0.3) is 5.91 Å². The van der Waals surface area contributed by atoms with Crippen molar-refractivity contribution in [3.05, 3.63) is 99.5 Å². The molecule has 4 rings (SSSR count). The van der Waals surface area contributed by atoms with Gasteiger partial charge in [0, 0.05) is 15.6 Å². The number of amides is 1. The van der Waals surface area contributed by atoms with Crippen LogP contribution in [0.3, 0.4) is 0 Å². The van der Waals surface area contributed by atoms with Crippen molar-refractivity contribution >= 4 is 46.6 Å². The molecule has 0 saturated carbocycles. The number of hydrogen-bond donors (Lipinski definition) is 0. The molecular weight excluding hydrogens is 419 g/mol. The van der Waals surface area contributed by atoms with Crippen LogP contribution in [0.25, 0.3) is 6.08 Å². The minimum atomic E-state index is -0.142. The van der Waals surface area contributed by atoms with Crippen LogP contribution in [0.1, 0.15) is 18.1 Å². The highest BCUT2D eigenvalue weighted by molar-refractivity contribution is 6.35. The van der Waals surface area contributed by atoms with Crippen LogP contribution in [0.15, 0.2) is 83.5 Å². The lowest BCUT2D eigenvalue weighted by Gasteiger charge is -2.11. The molecule has 0 fully saturated rings. The number of nitrogens with zero attached hydrogens (tertiary/aromatic N) is 2. The zero-order valence-electron chi connectivity index (χ0n) is 16.2. The largest absolute Gasteiger partial charge is 0.489 e. The first-order valence-electron chi connectivity index (χ1n) is 9.35. The van der Waals surface area contributed by atoms with Crippen molar-refractivity contribution in [2.45, 2.75) is 13.5 Å². The quantitative estimate of drug-likeness (QED) is 0.435. The number of anilines is 1. The van der Waals surface area contributed by atoms with Crippen molar-refractivity contribution in [2.24, 2.45) is 5.10 Å². The van der Waals surface area contributed by atoms with E-state index in [0.29, 0.717) is 33.7 Å². The third kappa shape index (κ3) is 4.40. The summed E-state index contributed by atoms with van der Waals surface area (Å²) in [6, 6.07) is 22.2. The van der Waals surface area contributed by atoms with Gasteiger partial charge in [-0.2, -0.15) is 10.1 Å². The van der Waals surface area contributed by atoms with Crippen molar-refractivity contribution in [2.75, 3.05) is 5.01 Å². The molecule has 1 aliphatic heterocycles. The molecule has 0 aliphatic carbocycles. The van der Waals surface area contributed by atoms with Gasteiger partial charge in [-0.25, -0.2) is 0 Å². The van der Waals surface area contributed by atoms with Gasteiger partial charge in [-0.1, -0.05) is 59.6 Å². The topological polar surface area (TPSA) is 41.9 Å². The van der Waals surface area contributed by atoms with Gasteiger partial charge >= 0.3 is 0 Å². The number of para-hydroxylation sites is 1. The van der Waals surface area contributed by atoms with E-state index < -0.39 is 0 Å². The summed E-state index contributed by atoms with van der Waals surface area (Å²) >= 11 is 12.1. The van der Waals surface area contributed by atoms with E-state index in [4.69, 9.17) is 27.9 Å². The number of rotatable bonds is 5. The lowest BCUT2D eigenvalue weighted by atomic mass is 10.1. The summed E-state index contributed by atoms with van der Waals surface area (Å²) in [5.41, 5.74) is 3.74. The van der Waals surface area contributed by atoms with E-state index in [1.165, 1.54) is 5.01 Å². The first kappa shape index (κ1) is 20.2. The summed E-state index contributed by atoms with van der Waals surface area (Å²) in [7, 11) is 0. The molecule has 0 spiro atoms. The number of halogens is 2. The maximum Gasteiger partial charge on any atom is 0.280 e. The van der Waals surface area contributed by atoms with Gasteiger partial charge in [0.15, 0.2) is 0 Å². The molecule has 4 nitrogen and oxygen atoms in total. The first-order chi connectivity index (χ1) is 14.5. The summed E-state index contributed by atoms with van der Waals surface area (Å²) < 4.78 is 5.81. The molecule has 3 aromatic rings. The zero-order chi connectivity index (χ0) is 21.1. The molecule has 1 heterocycles. The fraction of sp³-hybridized carbons (Fsp3) is 0.0833. The van der Waals surface area contributed by atoms with Gasteiger partial charge in [0.05, 0.1) is 17.0 Å². The number of carbonyl (C=O) groups excluding carboxylic acids is 1. The Morgan fingerprint density at radius 2 is 1.73 bits per heavy atom. The number of hydrazone groups is 1. The molecule has 0 N–H and O–H groups in total. The molecule has 6 heteroatoms. The highest BCUT2D eigenvalue weighted by atomic mass is 35.5. The molecular formula is C24H18Cl2N2O2. The van der Waals surface area contributed by atoms with E-state index in [0.717, 1.165) is 16.8 Å². The van der Waals surface area contributed by atoms with Crippen molar-refractivity contribution < 1.29 is 9.53 Å². The third-order valence-electron chi connectivity index (χ3n) is 4.66. The second-order valence-electron chi connectivity index (χ2n) is 6.79. The number of hydrogen-bond acceptors (Lipinski definition) is 3. The van der Waals surface area contributed by atoms with Crippen LogP contribution in [0.5, 0.6) is 5.75 Å². The Morgan fingerprint density at radius 3 is 2.43 bits per heavy atom. The van der Waals surface area contributed by atoms with Crippen LogP contribution < -0.4 is 9.75 Å². The predicted molar refractivity (Wildman–Crippen MR) is 122 cm³/mol. The fourth-order valence-electron chi connectivity index (χ4n) is 3.06. The van der Waals surface area contributed by atoms with E-state index in [9.17, 15) is 4.79 Å². The summed E-state index contributed by atoms with van der Waals surface area (Å²) in [5, 5.41) is 6.98. The van der Waals surface area contributed by atoms with E-state index in [-0.39, 0.29) is 5.91 Å². The Balaban J connectivity index is 1.46. The van der Waals surface area contributed by atoms with Gasteiger partial charge in [-0.3, -0.25) is 4.79 Å². The van der Waals surface area contributed by atoms with Crippen LogP contribution in [0, 0.1) is 0 Å². The molecule has 0 aromatic heterocycles. The SMILES string of the molecule is CC1=NN(c2ccccc2)C(=O)/C1=C/c1ccc(OCc2ccc(Cl)cc2Cl)cc1. The molecule has 3 aromatic carbocycles. The average Bonchev–Trinajstić information content (AvgIpc) is 3.03. The average molecular weight is 437 g/mol. The van der Waals surface area contributed by atoms with Crippen molar-refractivity contribution in [1.29, 1.82) is 0 Å². The van der Waals surface area contributed by atoms with E-state index in [1.54, 1.807) is 12.1 Å². The maximum absolute atomic E-state index is 12.8. The summed E-state index contributed by atoms with van der Waals surface area (Å²) in [4.78, 5) is 12.8. The zero-order valence-corrected chi connectivity index (χ0v) is 17.7. The Bertz CT molecular complexity index is 1140. The minimum absolute atomic E-state index is 0.142. The van der Waals surface area contributed by atoms with Crippen molar-refractivity contribution in [3.8, 4) is 5.75 Å². The normalized spacial score (nSPS) is 14.9. The number of carbonyl (C=O) groups is 1. The molecule has 1 aliphatic rings. The van der Waals surface area contributed by atoms with Crippen LogP contribution in [-0.4, -0.2) is 11.6 Å². The Kier molecular flexibility index (Phi) is 5.88. The Morgan fingerprint density at radius 1 is 1.00 bits per heavy atom. The minimum Gasteiger partial charge on any atom is -0.489 e. The highest BCUT2D eigenvalue weighted by Gasteiger charge is 2.28. The number of benzene rings is 3. The van der Waals surface area contributed by atoms with E-state index >= 15 is 0 Å². The van der Waals surface area contributed by atoms with Gasteiger partial charge in [-0.05, 0) is 55.0 Å². The fourth-order valence-corrected chi connectivity index (χ4v) is 3.52. The van der Waals surface area contributed by atoms with Crippen molar-refractivity contribution in [1.82, 2.24) is 0 Å². The highest BCUT2D eigenvalue weighted by Crippen LogP contribution is 2.26. The second kappa shape index (κ2) is 8.74. The predicted octanol–water partition coefficient (Wildman–Crippen LogP) is 6.38. The third-order valence-corrected chi connectivity index (χ3v) is 5.25. The molecule has 0 atom stereocenters. The van der Waals surface area contributed by atoms with Gasteiger partial charge in [0.2, 0.25) is 0 Å². The summed E-state index contributed by atoms with van der Waals surface area (Å²) in [6.45, 7) is 2.17. The smallest absolute Gasteiger partial charge is 0.280 e. The molecule has 0 saturated heterocycles. The molecule has 0 bridgehead atoms. The lowest BCUT2D eigenvalue weighted by Crippen LogP contribution is -2.21. The Hall–Kier alpha value is -3.08. The van der Waals surface area contributed by atoms with Gasteiger partial charge in [0.1, 0.15) is 12.4 Å². The van der Waals surface area contributed by atoms with Crippen LogP contribution in [0.4, 0.5) is 5.69 Å². The van der Waals surface area contributed by atoms with Gasteiger partial charge < -0.3 is 4.74 Å². The second-order valence-corrected chi connectivity index (χ2v) is 7.63. The number of ether oxygens (including phenoxy) is 1. The van der Waals surface area contributed by atoms with Crippen LogP contribution in [-0.2, 0) is 11.4 Å². The molecule has 30 heavy (non-hydrogen) atoms. The molecule has 150 valence electrons. The molecule has 1 amide bonds. The van der Waals surface area contributed by atoms with Crippen LogP contribution >= 0.6 is 23.2 Å². The van der Waals surface area contributed by atoms with Crippen molar-refractivity contribution in [3.63, 3.8) is 0 Å². The molecule has 0 radical (unpaired) electrons. The van der Waals surface area contributed by atoms with E-state index in [2.05, 4.69) is 5.10 Å². The van der Waals surface area contributed by atoms with E-state index in [1.807, 2.05) is 73.7 Å². The lowest BCUT2D eigenvalue weighted by molar-refractivity contribution is -0.114. The summed E-state index contributed by atoms with van der Waals surface area (Å²) in [5.74, 6) is 0.564. The monoisotopic (exact) mass is 436 g/mol. The summed E-state index contributed by atoms with van der Waals surface area (Å²) in [6.07, 6.45) is 1.84. The standard InChI is InChI=1S/C24H18Cl2N2O2/c1-16-22(24(29)28(27-16)20-5-3-2-4-6-20)13-17-7-11-21(12-8-17)30-15-18-9-10-19(25)14-23(18)26/h2-14H,15H2,1H3/b22-13+. The first-order valence-corrected chi connectivity index (χ1v) is 10.1. The molecule has 0 unspecified atom stereocenters. The van der Waals surface area contributed by atoms with Crippen LogP contribution in [0.2, 0.25) is 10.0 Å². The van der Waals surface area contributed by atoms with Gasteiger partial charge in [-0.15, -0.1) is 0 Å². The Labute approximate surface area is 185 Å².